The third kappa shape index (κ3) is 2.32. The molecule has 1 aromatic carbocycles. The van der Waals surface area contributed by atoms with Gasteiger partial charge in [-0.1, -0.05) is 13.0 Å². The van der Waals surface area contributed by atoms with Crippen molar-refractivity contribution in [1.82, 2.24) is 9.55 Å². The van der Waals surface area contributed by atoms with Crippen LogP contribution in [0.25, 0.3) is 0 Å². The number of hydrogen-bond donors (Lipinski definition) is 0. The lowest BCUT2D eigenvalue weighted by atomic mass is 10.2. The normalized spacial score (nSPS) is 10.7. The molecule has 0 aliphatic carbocycles. The molecule has 2 aromatic rings. The Morgan fingerprint density at radius 2 is 2.25 bits per heavy atom. The molecule has 0 amide bonds. The summed E-state index contributed by atoms with van der Waals surface area (Å²) in [5.74, 6) is 0.811. The fourth-order valence-electron chi connectivity index (χ4n) is 1.63. The predicted molar refractivity (Wildman–Crippen MR) is 64.8 cm³/mol. The molecule has 0 unspecified atom stereocenters. The smallest absolute Gasteiger partial charge is 0.137 e. The van der Waals surface area contributed by atoms with Gasteiger partial charge in [0.1, 0.15) is 11.6 Å². The molecule has 2 nitrogen and oxygen atoms in total. The molecule has 0 saturated heterocycles. The molecule has 4 heteroatoms. The number of imidazole rings is 1. The molecular weight excluding hydrogens is 271 g/mol. The van der Waals surface area contributed by atoms with E-state index in [-0.39, 0.29) is 5.82 Å². The first-order valence-corrected chi connectivity index (χ1v) is 5.94. The van der Waals surface area contributed by atoms with Gasteiger partial charge in [-0.25, -0.2) is 9.37 Å². The lowest BCUT2D eigenvalue weighted by Gasteiger charge is -2.07. The van der Waals surface area contributed by atoms with Crippen molar-refractivity contribution in [3.8, 4) is 0 Å². The Bertz CT molecular complexity index is 494. The molecule has 1 heterocycles. The Kier molecular flexibility index (Phi) is 3.39. The van der Waals surface area contributed by atoms with Crippen LogP contribution in [0.15, 0.2) is 35.1 Å². The van der Waals surface area contributed by atoms with Crippen molar-refractivity contribution in [2.45, 2.75) is 19.9 Å². The molecule has 0 atom stereocenters. The van der Waals surface area contributed by atoms with Crippen LogP contribution in [0.2, 0.25) is 0 Å². The Balaban J connectivity index is 2.24. The zero-order chi connectivity index (χ0) is 11.5. The van der Waals surface area contributed by atoms with Crippen molar-refractivity contribution in [2.24, 2.45) is 0 Å². The second-order valence-corrected chi connectivity index (χ2v) is 4.43. The third-order valence-corrected chi connectivity index (χ3v) is 3.06. The maximum Gasteiger partial charge on any atom is 0.137 e. The second kappa shape index (κ2) is 4.78. The zero-order valence-electron chi connectivity index (χ0n) is 8.95. The van der Waals surface area contributed by atoms with Crippen LogP contribution >= 0.6 is 15.9 Å². The Morgan fingerprint density at radius 1 is 1.44 bits per heavy atom. The quantitative estimate of drug-likeness (QED) is 0.844. The van der Waals surface area contributed by atoms with Crippen LogP contribution in [-0.2, 0) is 13.0 Å². The first kappa shape index (κ1) is 11.3. The summed E-state index contributed by atoms with van der Waals surface area (Å²) in [5, 5.41) is 0. The van der Waals surface area contributed by atoms with Crippen molar-refractivity contribution >= 4 is 15.9 Å². The fraction of sp³-hybridized carbons (Fsp3) is 0.250. The van der Waals surface area contributed by atoms with E-state index in [0.717, 1.165) is 24.4 Å². The maximum atomic E-state index is 13.1. The van der Waals surface area contributed by atoms with E-state index in [1.165, 1.54) is 6.07 Å². The summed E-state index contributed by atoms with van der Waals surface area (Å²) < 4.78 is 15.6. The average Bonchev–Trinajstić information content (AvgIpc) is 2.71. The molecule has 84 valence electrons. The van der Waals surface area contributed by atoms with Gasteiger partial charge in [-0.3, -0.25) is 0 Å². The van der Waals surface area contributed by atoms with E-state index in [0.29, 0.717) is 4.47 Å². The van der Waals surface area contributed by atoms with E-state index < -0.39 is 0 Å². The van der Waals surface area contributed by atoms with Crippen molar-refractivity contribution in [2.75, 3.05) is 0 Å². The van der Waals surface area contributed by atoms with Crippen LogP contribution in [0.4, 0.5) is 4.39 Å². The van der Waals surface area contributed by atoms with E-state index in [1.54, 1.807) is 18.3 Å². The Labute approximate surface area is 102 Å². The number of rotatable bonds is 3. The van der Waals surface area contributed by atoms with Gasteiger partial charge in [-0.05, 0) is 33.6 Å². The molecule has 1 aromatic heterocycles. The van der Waals surface area contributed by atoms with Crippen LogP contribution < -0.4 is 0 Å². The summed E-state index contributed by atoms with van der Waals surface area (Å²) in [6.45, 7) is 2.79. The van der Waals surface area contributed by atoms with E-state index in [2.05, 4.69) is 32.4 Å². The molecule has 0 N–H and O–H groups in total. The van der Waals surface area contributed by atoms with Gasteiger partial charge in [-0.15, -0.1) is 0 Å². The topological polar surface area (TPSA) is 17.8 Å². The van der Waals surface area contributed by atoms with Crippen molar-refractivity contribution in [3.05, 3.63) is 52.3 Å². The molecular formula is C12H12BrFN2. The van der Waals surface area contributed by atoms with Gasteiger partial charge in [-0.2, -0.15) is 0 Å². The van der Waals surface area contributed by atoms with Gasteiger partial charge in [0.25, 0.3) is 0 Å². The monoisotopic (exact) mass is 282 g/mol. The SMILES string of the molecule is CCc1nccn1Cc1ccc(F)c(Br)c1. The van der Waals surface area contributed by atoms with Gasteiger partial charge in [0.15, 0.2) is 0 Å². The average molecular weight is 283 g/mol. The minimum absolute atomic E-state index is 0.231. The largest absolute Gasteiger partial charge is 0.331 e. The summed E-state index contributed by atoms with van der Waals surface area (Å²) in [6.07, 6.45) is 4.63. The number of aromatic nitrogens is 2. The van der Waals surface area contributed by atoms with E-state index in [4.69, 9.17) is 0 Å². The third-order valence-electron chi connectivity index (χ3n) is 2.45. The highest BCUT2D eigenvalue weighted by molar-refractivity contribution is 9.10. The molecule has 16 heavy (non-hydrogen) atoms. The summed E-state index contributed by atoms with van der Waals surface area (Å²) >= 11 is 3.19. The van der Waals surface area contributed by atoms with Gasteiger partial charge in [0.05, 0.1) is 4.47 Å². The van der Waals surface area contributed by atoms with Crippen molar-refractivity contribution in [1.29, 1.82) is 0 Å². The molecule has 0 aliphatic heterocycles. The molecule has 0 spiro atoms. The maximum absolute atomic E-state index is 13.1. The van der Waals surface area contributed by atoms with Gasteiger partial charge in [0.2, 0.25) is 0 Å². The van der Waals surface area contributed by atoms with E-state index in [9.17, 15) is 4.39 Å². The summed E-state index contributed by atoms with van der Waals surface area (Å²) in [4.78, 5) is 4.25. The standard InChI is InChI=1S/C12H12BrFN2/c1-2-12-15-5-6-16(12)8-9-3-4-11(14)10(13)7-9/h3-7H,2,8H2,1H3. The zero-order valence-corrected chi connectivity index (χ0v) is 10.5. The van der Waals surface area contributed by atoms with Gasteiger partial charge >= 0.3 is 0 Å². The Hall–Kier alpha value is -1.16. The minimum Gasteiger partial charge on any atom is -0.331 e. The second-order valence-electron chi connectivity index (χ2n) is 3.57. The molecule has 0 aliphatic rings. The Morgan fingerprint density at radius 3 is 2.94 bits per heavy atom. The van der Waals surface area contributed by atoms with E-state index >= 15 is 0 Å². The minimum atomic E-state index is -0.231. The number of hydrogen-bond acceptors (Lipinski definition) is 1. The number of nitrogens with zero attached hydrogens (tertiary/aromatic N) is 2. The van der Waals surface area contributed by atoms with Gasteiger partial charge < -0.3 is 4.57 Å². The van der Waals surface area contributed by atoms with Crippen LogP contribution in [0.1, 0.15) is 18.3 Å². The van der Waals surface area contributed by atoms with Gasteiger partial charge in [0, 0.05) is 25.4 Å². The highest BCUT2D eigenvalue weighted by atomic mass is 79.9. The van der Waals surface area contributed by atoms with Crippen LogP contribution in [-0.4, -0.2) is 9.55 Å². The molecule has 0 saturated carbocycles. The lowest BCUT2D eigenvalue weighted by Crippen LogP contribution is -2.03. The summed E-state index contributed by atoms with van der Waals surface area (Å²) in [7, 11) is 0. The number of halogens is 2. The highest BCUT2D eigenvalue weighted by Gasteiger charge is 2.04. The van der Waals surface area contributed by atoms with Crippen molar-refractivity contribution < 1.29 is 4.39 Å². The number of benzene rings is 1. The molecule has 0 fully saturated rings. The fourth-order valence-corrected chi connectivity index (χ4v) is 2.06. The van der Waals surface area contributed by atoms with Crippen LogP contribution in [0, 0.1) is 5.82 Å². The molecule has 2 rings (SSSR count). The molecule has 0 bridgehead atoms. The number of aryl methyl sites for hydroxylation is 1. The predicted octanol–water partition coefficient (Wildman–Crippen LogP) is 3.40. The first-order chi connectivity index (χ1) is 7.70. The first-order valence-electron chi connectivity index (χ1n) is 5.14. The molecule has 0 radical (unpaired) electrons. The van der Waals surface area contributed by atoms with Crippen LogP contribution in [0.5, 0.6) is 0 Å². The lowest BCUT2D eigenvalue weighted by molar-refractivity contribution is 0.619. The van der Waals surface area contributed by atoms with Crippen LogP contribution in [0.3, 0.4) is 0 Å². The van der Waals surface area contributed by atoms with E-state index in [1.807, 2.05) is 6.20 Å². The summed E-state index contributed by atoms with van der Waals surface area (Å²) in [5.41, 5.74) is 1.06. The highest BCUT2D eigenvalue weighted by Crippen LogP contribution is 2.17. The van der Waals surface area contributed by atoms with Crippen molar-refractivity contribution in [3.63, 3.8) is 0 Å². The summed E-state index contributed by atoms with van der Waals surface area (Å²) in [6, 6.07) is 5.07.